The van der Waals surface area contributed by atoms with Gasteiger partial charge in [0.15, 0.2) is 11.5 Å². The lowest BCUT2D eigenvalue weighted by atomic mass is 10.4. The van der Waals surface area contributed by atoms with Crippen molar-refractivity contribution in [2.24, 2.45) is 0 Å². The van der Waals surface area contributed by atoms with Gasteiger partial charge in [-0.25, -0.2) is 19.4 Å². The van der Waals surface area contributed by atoms with E-state index in [4.69, 9.17) is 16.3 Å². The monoisotopic (exact) mass is 266 g/mol. The largest absolute Gasteiger partial charge is 0.461 e. The van der Waals surface area contributed by atoms with Crippen molar-refractivity contribution in [2.45, 2.75) is 13.8 Å². The molecule has 2 aromatic rings. The zero-order valence-electron chi connectivity index (χ0n) is 9.92. The van der Waals surface area contributed by atoms with E-state index in [2.05, 4.69) is 15.1 Å². The predicted octanol–water partition coefficient (Wildman–Crippen LogP) is 1.80. The molecule has 0 amide bonds. The zero-order valence-corrected chi connectivity index (χ0v) is 10.7. The minimum absolute atomic E-state index is 0.240. The summed E-state index contributed by atoms with van der Waals surface area (Å²) < 4.78 is 6.40. The van der Waals surface area contributed by atoms with Gasteiger partial charge in [-0.2, -0.15) is 5.10 Å². The lowest BCUT2D eigenvalue weighted by molar-refractivity contribution is 0.0519. The molecular formula is C11H11ClN4O2. The highest BCUT2D eigenvalue weighted by Crippen LogP contribution is 2.13. The van der Waals surface area contributed by atoms with Crippen LogP contribution in [-0.4, -0.2) is 32.3 Å². The van der Waals surface area contributed by atoms with E-state index >= 15 is 0 Å². The Morgan fingerprint density at radius 2 is 2.22 bits per heavy atom. The molecule has 0 saturated carbocycles. The average molecular weight is 267 g/mol. The Hall–Kier alpha value is -1.95. The first kappa shape index (κ1) is 12.5. The van der Waals surface area contributed by atoms with Crippen molar-refractivity contribution in [1.29, 1.82) is 0 Å². The van der Waals surface area contributed by atoms with Gasteiger partial charge in [-0.3, -0.25) is 0 Å². The molecule has 0 aliphatic carbocycles. The standard InChI is InChI=1S/C11H11ClN4O2/c1-3-18-11(17)8-4-7(2)16(15-8)10-5-9(12)13-6-14-10/h4-6H,3H2,1-2H3. The highest BCUT2D eigenvalue weighted by atomic mass is 35.5. The Morgan fingerprint density at radius 3 is 2.89 bits per heavy atom. The number of hydrogen-bond donors (Lipinski definition) is 0. The molecule has 6 nitrogen and oxygen atoms in total. The number of carbonyl (C=O) groups excluding carboxylic acids is 1. The van der Waals surface area contributed by atoms with Crippen LogP contribution >= 0.6 is 11.6 Å². The molecule has 0 radical (unpaired) electrons. The molecule has 2 aromatic heterocycles. The average Bonchev–Trinajstić information content (AvgIpc) is 2.72. The third kappa shape index (κ3) is 2.48. The molecule has 0 bridgehead atoms. The summed E-state index contributed by atoms with van der Waals surface area (Å²) in [6.45, 7) is 3.86. The van der Waals surface area contributed by atoms with Gasteiger partial charge in [0, 0.05) is 11.8 Å². The van der Waals surface area contributed by atoms with E-state index in [9.17, 15) is 4.79 Å². The van der Waals surface area contributed by atoms with Crippen LogP contribution < -0.4 is 0 Å². The van der Waals surface area contributed by atoms with Crippen molar-refractivity contribution < 1.29 is 9.53 Å². The second kappa shape index (κ2) is 5.14. The number of aryl methyl sites for hydroxylation is 1. The fourth-order valence-corrected chi connectivity index (χ4v) is 1.59. The van der Waals surface area contributed by atoms with Gasteiger partial charge in [-0.1, -0.05) is 11.6 Å². The normalized spacial score (nSPS) is 10.4. The van der Waals surface area contributed by atoms with E-state index in [1.54, 1.807) is 19.1 Å². The van der Waals surface area contributed by atoms with Gasteiger partial charge >= 0.3 is 5.97 Å². The molecule has 0 unspecified atom stereocenters. The first-order valence-corrected chi connectivity index (χ1v) is 5.71. The van der Waals surface area contributed by atoms with Gasteiger partial charge in [-0.05, 0) is 19.9 Å². The molecule has 0 spiro atoms. The number of halogens is 1. The van der Waals surface area contributed by atoms with Crippen molar-refractivity contribution in [3.63, 3.8) is 0 Å². The van der Waals surface area contributed by atoms with Crippen LogP contribution in [0.15, 0.2) is 18.5 Å². The molecule has 0 saturated heterocycles. The van der Waals surface area contributed by atoms with Gasteiger partial charge < -0.3 is 4.74 Å². The van der Waals surface area contributed by atoms with E-state index in [1.165, 1.54) is 11.0 Å². The first-order valence-electron chi connectivity index (χ1n) is 5.33. The maximum absolute atomic E-state index is 11.6. The van der Waals surface area contributed by atoms with E-state index in [-0.39, 0.29) is 5.69 Å². The number of carbonyl (C=O) groups is 1. The Bertz CT molecular complexity index is 582. The number of hydrogen-bond acceptors (Lipinski definition) is 5. The SMILES string of the molecule is CCOC(=O)c1cc(C)n(-c2cc(Cl)ncn2)n1. The second-order valence-corrected chi connectivity index (χ2v) is 3.89. The van der Waals surface area contributed by atoms with E-state index < -0.39 is 5.97 Å². The van der Waals surface area contributed by atoms with Crippen LogP contribution in [0.25, 0.3) is 5.82 Å². The fourth-order valence-electron chi connectivity index (χ4n) is 1.45. The van der Waals surface area contributed by atoms with Crippen molar-refractivity contribution >= 4 is 17.6 Å². The number of esters is 1. The Balaban J connectivity index is 2.38. The Labute approximate surface area is 109 Å². The lowest BCUT2D eigenvalue weighted by Crippen LogP contribution is -2.07. The highest BCUT2D eigenvalue weighted by Gasteiger charge is 2.14. The fraction of sp³-hybridized carbons (Fsp3) is 0.273. The molecule has 7 heteroatoms. The molecule has 0 N–H and O–H groups in total. The molecule has 18 heavy (non-hydrogen) atoms. The van der Waals surface area contributed by atoms with Gasteiger partial charge in [0.05, 0.1) is 6.61 Å². The summed E-state index contributed by atoms with van der Waals surface area (Å²) in [6, 6.07) is 3.20. The van der Waals surface area contributed by atoms with Crippen LogP contribution in [0, 0.1) is 6.92 Å². The summed E-state index contributed by atoms with van der Waals surface area (Å²) in [5.41, 5.74) is 0.997. The summed E-state index contributed by atoms with van der Waals surface area (Å²) in [4.78, 5) is 19.4. The first-order chi connectivity index (χ1) is 8.61. The summed E-state index contributed by atoms with van der Waals surface area (Å²) in [7, 11) is 0. The molecular weight excluding hydrogens is 256 g/mol. The Morgan fingerprint density at radius 1 is 1.44 bits per heavy atom. The van der Waals surface area contributed by atoms with Crippen LogP contribution in [-0.2, 0) is 4.74 Å². The summed E-state index contributed by atoms with van der Waals surface area (Å²) in [5.74, 6) is 0.0440. The Kier molecular flexibility index (Phi) is 3.57. The van der Waals surface area contributed by atoms with Crippen LogP contribution in [0.4, 0.5) is 0 Å². The number of nitrogens with zero attached hydrogens (tertiary/aromatic N) is 4. The third-order valence-corrected chi connectivity index (χ3v) is 2.41. The van der Waals surface area contributed by atoms with Gasteiger partial charge in [0.1, 0.15) is 11.5 Å². The molecule has 0 aliphatic rings. The smallest absolute Gasteiger partial charge is 0.358 e. The maximum atomic E-state index is 11.6. The van der Waals surface area contributed by atoms with Gasteiger partial charge in [0.25, 0.3) is 0 Å². The number of aromatic nitrogens is 4. The van der Waals surface area contributed by atoms with Crippen LogP contribution in [0.1, 0.15) is 23.1 Å². The quantitative estimate of drug-likeness (QED) is 0.626. The summed E-state index contributed by atoms with van der Waals surface area (Å²) in [5, 5.41) is 4.45. The summed E-state index contributed by atoms with van der Waals surface area (Å²) >= 11 is 5.78. The lowest BCUT2D eigenvalue weighted by Gasteiger charge is -2.02. The summed E-state index contributed by atoms with van der Waals surface area (Å²) in [6.07, 6.45) is 1.34. The molecule has 2 heterocycles. The van der Waals surface area contributed by atoms with Gasteiger partial charge in [0.2, 0.25) is 0 Å². The molecule has 0 atom stereocenters. The molecule has 2 rings (SSSR count). The van der Waals surface area contributed by atoms with Crippen LogP contribution in [0.5, 0.6) is 0 Å². The molecule has 0 fully saturated rings. The van der Waals surface area contributed by atoms with Crippen molar-refractivity contribution in [3.05, 3.63) is 35.0 Å². The zero-order chi connectivity index (χ0) is 13.1. The maximum Gasteiger partial charge on any atom is 0.358 e. The minimum Gasteiger partial charge on any atom is -0.461 e. The number of ether oxygens (including phenoxy) is 1. The molecule has 94 valence electrons. The predicted molar refractivity (Wildman–Crippen MR) is 64.9 cm³/mol. The third-order valence-electron chi connectivity index (χ3n) is 2.21. The van der Waals surface area contributed by atoms with Crippen LogP contribution in [0.3, 0.4) is 0 Å². The van der Waals surface area contributed by atoms with E-state index in [0.717, 1.165) is 5.69 Å². The highest BCUT2D eigenvalue weighted by molar-refractivity contribution is 6.29. The van der Waals surface area contributed by atoms with Crippen molar-refractivity contribution in [3.8, 4) is 5.82 Å². The minimum atomic E-state index is -0.459. The molecule has 0 aromatic carbocycles. The van der Waals surface area contributed by atoms with E-state index in [1.807, 2.05) is 6.92 Å². The van der Waals surface area contributed by atoms with Gasteiger partial charge in [-0.15, -0.1) is 0 Å². The topological polar surface area (TPSA) is 69.9 Å². The molecule has 0 aliphatic heterocycles. The second-order valence-electron chi connectivity index (χ2n) is 3.50. The van der Waals surface area contributed by atoms with Crippen LogP contribution in [0.2, 0.25) is 5.15 Å². The van der Waals surface area contributed by atoms with Crippen molar-refractivity contribution in [2.75, 3.05) is 6.61 Å². The van der Waals surface area contributed by atoms with E-state index in [0.29, 0.717) is 17.6 Å². The van der Waals surface area contributed by atoms with Crippen molar-refractivity contribution in [1.82, 2.24) is 19.7 Å². The number of rotatable bonds is 3.